The van der Waals surface area contributed by atoms with E-state index in [4.69, 9.17) is 4.42 Å². The quantitative estimate of drug-likeness (QED) is 0.508. The Morgan fingerprint density at radius 3 is 2.68 bits per heavy atom. The summed E-state index contributed by atoms with van der Waals surface area (Å²) >= 11 is 1.29. The second-order valence-electron chi connectivity index (χ2n) is 8.01. The Kier molecular flexibility index (Phi) is 7.25. The highest BCUT2D eigenvalue weighted by molar-refractivity contribution is 7.99. The summed E-state index contributed by atoms with van der Waals surface area (Å²) in [6.45, 7) is 4.85. The molecule has 3 aromatic rings. The molecular formula is C24H28N4O2S. The van der Waals surface area contributed by atoms with Crippen molar-refractivity contribution in [1.29, 1.82) is 0 Å². The van der Waals surface area contributed by atoms with Crippen LogP contribution in [0.1, 0.15) is 30.7 Å². The molecule has 0 spiro atoms. The van der Waals surface area contributed by atoms with Gasteiger partial charge < -0.3 is 14.6 Å². The molecule has 1 aliphatic heterocycles. The van der Waals surface area contributed by atoms with Crippen molar-refractivity contribution in [1.82, 2.24) is 15.5 Å². The molecule has 2 heterocycles. The molecule has 1 saturated heterocycles. The number of nitrogens with one attached hydrogen (secondary N) is 1. The molecule has 2 unspecified atom stereocenters. The van der Waals surface area contributed by atoms with Crippen LogP contribution in [-0.4, -0.2) is 41.5 Å². The second-order valence-corrected chi connectivity index (χ2v) is 8.93. The van der Waals surface area contributed by atoms with Crippen LogP contribution in [0, 0.1) is 5.92 Å². The number of carbonyl (C=O) groups excluding carboxylic acids is 1. The van der Waals surface area contributed by atoms with Gasteiger partial charge in [-0.05, 0) is 36.0 Å². The number of hydrogen-bond donors (Lipinski definition) is 1. The second kappa shape index (κ2) is 10.5. The lowest BCUT2D eigenvalue weighted by atomic mass is 9.98. The van der Waals surface area contributed by atoms with Crippen LogP contribution >= 0.6 is 11.8 Å². The van der Waals surface area contributed by atoms with E-state index in [0.717, 1.165) is 19.5 Å². The van der Waals surface area contributed by atoms with Crippen LogP contribution in [0.2, 0.25) is 0 Å². The molecule has 0 bridgehead atoms. The summed E-state index contributed by atoms with van der Waals surface area (Å²) in [5.74, 6) is 1.66. The minimum atomic E-state index is 0.000523. The number of amides is 1. The van der Waals surface area contributed by atoms with Gasteiger partial charge in [-0.15, -0.1) is 10.2 Å². The van der Waals surface area contributed by atoms with E-state index >= 15 is 0 Å². The molecule has 31 heavy (non-hydrogen) atoms. The first-order valence-corrected chi connectivity index (χ1v) is 11.7. The number of thioether (sulfide) groups is 1. The van der Waals surface area contributed by atoms with Gasteiger partial charge >= 0.3 is 0 Å². The normalized spacial score (nSPS) is 16.9. The zero-order chi connectivity index (χ0) is 21.5. The Labute approximate surface area is 187 Å². The molecule has 7 heteroatoms. The highest BCUT2D eigenvalue weighted by Gasteiger charge is 2.23. The monoisotopic (exact) mass is 436 g/mol. The Morgan fingerprint density at radius 2 is 1.90 bits per heavy atom. The number of aromatic nitrogens is 2. The fraction of sp³-hybridized carbons (Fsp3) is 0.375. The summed E-state index contributed by atoms with van der Waals surface area (Å²) in [6.07, 6.45) is 1.78. The number of para-hydroxylation sites is 1. The van der Waals surface area contributed by atoms with Gasteiger partial charge in [0.15, 0.2) is 0 Å². The molecular weight excluding hydrogens is 408 g/mol. The van der Waals surface area contributed by atoms with Gasteiger partial charge in [0.25, 0.3) is 5.22 Å². The summed E-state index contributed by atoms with van der Waals surface area (Å²) < 4.78 is 5.72. The lowest BCUT2D eigenvalue weighted by Gasteiger charge is -2.18. The molecule has 1 N–H and O–H groups in total. The molecule has 1 fully saturated rings. The van der Waals surface area contributed by atoms with Crippen LogP contribution in [0.15, 0.2) is 70.3 Å². The smallest absolute Gasteiger partial charge is 0.277 e. The van der Waals surface area contributed by atoms with E-state index in [2.05, 4.69) is 63.7 Å². The minimum absolute atomic E-state index is 0.000523. The van der Waals surface area contributed by atoms with Crippen molar-refractivity contribution in [2.75, 3.05) is 30.3 Å². The van der Waals surface area contributed by atoms with E-state index in [9.17, 15) is 4.79 Å². The van der Waals surface area contributed by atoms with Crippen molar-refractivity contribution in [2.24, 2.45) is 5.92 Å². The predicted octanol–water partition coefficient (Wildman–Crippen LogP) is 4.15. The van der Waals surface area contributed by atoms with Crippen LogP contribution in [0.5, 0.6) is 0 Å². The van der Waals surface area contributed by atoms with Crippen LogP contribution in [0.4, 0.5) is 5.69 Å². The number of anilines is 1. The van der Waals surface area contributed by atoms with E-state index in [1.54, 1.807) is 0 Å². The third kappa shape index (κ3) is 6.10. The third-order valence-corrected chi connectivity index (χ3v) is 6.44. The maximum atomic E-state index is 12.3. The third-order valence-electron chi connectivity index (χ3n) is 5.62. The van der Waals surface area contributed by atoms with Gasteiger partial charge in [-0.3, -0.25) is 4.79 Å². The Balaban J connectivity index is 1.17. The first kappa shape index (κ1) is 21.4. The maximum Gasteiger partial charge on any atom is 0.277 e. The highest BCUT2D eigenvalue weighted by Crippen LogP contribution is 2.24. The topological polar surface area (TPSA) is 71.3 Å². The van der Waals surface area contributed by atoms with Crippen LogP contribution in [0.25, 0.3) is 0 Å². The molecule has 1 aromatic heterocycles. The van der Waals surface area contributed by atoms with Gasteiger partial charge in [-0.2, -0.15) is 0 Å². The average Bonchev–Trinajstić information content (AvgIpc) is 3.47. The van der Waals surface area contributed by atoms with E-state index in [1.165, 1.54) is 23.0 Å². The summed E-state index contributed by atoms with van der Waals surface area (Å²) in [5, 5.41) is 11.7. The van der Waals surface area contributed by atoms with Gasteiger partial charge in [-0.1, -0.05) is 67.2 Å². The number of carbonyl (C=O) groups is 1. The molecule has 0 radical (unpaired) electrons. The largest absolute Gasteiger partial charge is 0.416 e. The average molecular weight is 437 g/mol. The van der Waals surface area contributed by atoms with Crippen LogP contribution in [-0.2, 0) is 11.2 Å². The van der Waals surface area contributed by atoms with E-state index < -0.39 is 0 Å². The van der Waals surface area contributed by atoms with E-state index in [1.807, 2.05) is 24.3 Å². The lowest BCUT2D eigenvalue weighted by molar-refractivity contribution is -0.118. The van der Waals surface area contributed by atoms with E-state index in [-0.39, 0.29) is 11.7 Å². The van der Waals surface area contributed by atoms with Crippen molar-refractivity contribution in [3.8, 4) is 0 Å². The van der Waals surface area contributed by atoms with Gasteiger partial charge in [0.05, 0.1) is 5.75 Å². The van der Waals surface area contributed by atoms with Crippen molar-refractivity contribution in [2.45, 2.75) is 30.9 Å². The van der Waals surface area contributed by atoms with Crippen LogP contribution < -0.4 is 10.2 Å². The van der Waals surface area contributed by atoms with Gasteiger partial charge in [0, 0.05) is 31.7 Å². The highest BCUT2D eigenvalue weighted by atomic mass is 32.2. The molecule has 162 valence electrons. The van der Waals surface area contributed by atoms with Gasteiger partial charge in [-0.25, -0.2) is 0 Å². The molecule has 4 rings (SSSR count). The Hall–Kier alpha value is -2.80. The molecule has 0 aliphatic carbocycles. The predicted molar refractivity (Wildman–Crippen MR) is 123 cm³/mol. The first-order chi connectivity index (χ1) is 15.2. The van der Waals surface area contributed by atoms with E-state index in [0.29, 0.717) is 35.9 Å². The molecule has 2 aromatic carbocycles. The summed E-state index contributed by atoms with van der Waals surface area (Å²) in [6, 6.07) is 20.7. The van der Waals surface area contributed by atoms with Crippen molar-refractivity contribution < 1.29 is 9.21 Å². The number of rotatable bonds is 9. The standard InChI is InChI=1S/C24H28N4O2S/c1-18(20-8-4-2-5-9-20)14-23-26-27-24(30-23)31-17-22(29)25-15-19-12-13-28(16-19)21-10-6-3-7-11-21/h2-11,18-19H,12-17H2,1H3,(H,25,29). The zero-order valence-electron chi connectivity index (χ0n) is 17.7. The van der Waals surface area contributed by atoms with Gasteiger partial charge in [0.1, 0.15) is 0 Å². The number of nitrogens with zero attached hydrogens (tertiary/aromatic N) is 3. The van der Waals surface area contributed by atoms with Crippen LogP contribution in [0.3, 0.4) is 0 Å². The summed E-state index contributed by atoms with van der Waals surface area (Å²) in [4.78, 5) is 14.6. The summed E-state index contributed by atoms with van der Waals surface area (Å²) in [5.41, 5.74) is 2.49. The number of hydrogen-bond acceptors (Lipinski definition) is 6. The minimum Gasteiger partial charge on any atom is -0.416 e. The Morgan fingerprint density at radius 1 is 1.16 bits per heavy atom. The lowest BCUT2D eigenvalue weighted by Crippen LogP contribution is -2.32. The van der Waals surface area contributed by atoms with Crippen molar-refractivity contribution >= 4 is 23.4 Å². The Bertz CT molecular complexity index is 964. The first-order valence-electron chi connectivity index (χ1n) is 10.7. The van der Waals surface area contributed by atoms with Crippen molar-refractivity contribution in [3.63, 3.8) is 0 Å². The fourth-order valence-corrected chi connectivity index (χ4v) is 4.46. The summed E-state index contributed by atoms with van der Waals surface area (Å²) in [7, 11) is 0. The molecule has 1 aliphatic rings. The molecule has 1 amide bonds. The number of benzene rings is 2. The molecule has 0 saturated carbocycles. The zero-order valence-corrected chi connectivity index (χ0v) is 18.6. The maximum absolute atomic E-state index is 12.3. The SMILES string of the molecule is CC(Cc1nnc(SCC(=O)NCC2CCN(c3ccccc3)C2)o1)c1ccccc1. The fourth-order valence-electron chi connectivity index (χ4n) is 3.85. The van der Waals surface area contributed by atoms with Gasteiger partial charge in [0.2, 0.25) is 11.8 Å². The molecule has 6 nitrogen and oxygen atoms in total. The molecule has 2 atom stereocenters. The van der Waals surface area contributed by atoms with Crippen molar-refractivity contribution in [3.05, 3.63) is 72.1 Å².